The lowest BCUT2D eigenvalue weighted by atomic mass is 9.72. The molecule has 1 aromatic heterocycles. The van der Waals surface area contributed by atoms with Crippen molar-refractivity contribution >= 4 is 27.3 Å². The maximum absolute atomic E-state index is 12.5. The molecule has 7 heteroatoms. The van der Waals surface area contributed by atoms with Crippen LogP contribution >= 0.6 is 11.3 Å². The molecule has 1 heterocycles. The highest BCUT2D eigenvalue weighted by atomic mass is 32.2. The van der Waals surface area contributed by atoms with Gasteiger partial charge < -0.3 is 5.32 Å². The van der Waals surface area contributed by atoms with Gasteiger partial charge in [-0.3, -0.25) is 4.79 Å². The molecule has 5 nitrogen and oxygen atoms in total. The summed E-state index contributed by atoms with van der Waals surface area (Å²) in [7, 11) is -3.70. The molecular weight excluding hydrogens is 380 g/mol. The molecule has 2 aromatic rings. The Morgan fingerprint density at radius 2 is 1.93 bits per heavy atom. The van der Waals surface area contributed by atoms with E-state index in [1.165, 1.54) is 29.0 Å². The van der Waals surface area contributed by atoms with Crippen molar-refractivity contribution in [3.63, 3.8) is 0 Å². The lowest BCUT2D eigenvalue weighted by Crippen LogP contribution is -2.26. The molecule has 146 valence electrons. The third-order valence-electron chi connectivity index (χ3n) is 5.24. The van der Waals surface area contributed by atoms with Crippen molar-refractivity contribution in [1.29, 1.82) is 0 Å². The van der Waals surface area contributed by atoms with Crippen LogP contribution in [0.4, 0.5) is 0 Å². The molecule has 1 aliphatic carbocycles. The molecule has 3 N–H and O–H groups in total. The number of carbonyl (C=O) groups is 1. The van der Waals surface area contributed by atoms with Crippen molar-refractivity contribution in [3.8, 4) is 0 Å². The van der Waals surface area contributed by atoms with Crippen molar-refractivity contribution in [2.24, 2.45) is 16.5 Å². The Balaban J connectivity index is 1.64. The van der Waals surface area contributed by atoms with Gasteiger partial charge in [-0.2, -0.15) is 0 Å². The van der Waals surface area contributed by atoms with Crippen LogP contribution in [0.5, 0.6) is 0 Å². The summed E-state index contributed by atoms with van der Waals surface area (Å²) in [6.07, 6.45) is 3.26. The van der Waals surface area contributed by atoms with Crippen LogP contribution in [0.2, 0.25) is 0 Å². The Morgan fingerprint density at radius 1 is 1.26 bits per heavy atom. The third-order valence-corrected chi connectivity index (χ3v) is 7.40. The molecule has 1 aromatic carbocycles. The van der Waals surface area contributed by atoms with Crippen LogP contribution in [0.15, 0.2) is 35.2 Å². The normalized spacial score (nSPS) is 17.4. The highest BCUT2D eigenvalue weighted by molar-refractivity contribution is 7.89. The first-order chi connectivity index (χ1) is 12.5. The maximum atomic E-state index is 12.5. The number of hydrogen-bond donors (Lipinski definition) is 2. The molecule has 0 radical (unpaired) electrons. The smallest absolute Gasteiger partial charge is 0.261 e. The fourth-order valence-corrected chi connectivity index (χ4v) is 5.08. The van der Waals surface area contributed by atoms with Gasteiger partial charge in [-0.05, 0) is 59.9 Å². The molecule has 3 rings (SSSR count). The van der Waals surface area contributed by atoms with E-state index in [0.29, 0.717) is 12.5 Å². The fraction of sp³-hybridized carbons (Fsp3) is 0.450. The number of nitrogens with one attached hydrogen (secondary N) is 1. The van der Waals surface area contributed by atoms with Gasteiger partial charge in [-0.1, -0.05) is 32.9 Å². The van der Waals surface area contributed by atoms with Gasteiger partial charge in [0.2, 0.25) is 10.0 Å². The van der Waals surface area contributed by atoms with E-state index in [4.69, 9.17) is 5.14 Å². The molecule has 1 atom stereocenters. The number of aryl methyl sites for hydroxylation is 1. The van der Waals surface area contributed by atoms with Crippen molar-refractivity contribution in [2.45, 2.75) is 51.5 Å². The average Bonchev–Trinajstić information content (AvgIpc) is 3.02. The van der Waals surface area contributed by atoms with Crippen molar-refractivity contribution in [3.05, 3.63) is 51.2 Å². The van der Waals surface area contributed by atoms with Crippen LogP contribution < -0.4 is 10.5 Å². The quantitative estimate of drug-likeness (QED) is 0.815. The number of fused-ring (bicyclic) bond motifs is 1. The average molecular weight is 407 g/mol. The molecule has 0 unspecified atom stereocenters. The first kappa shape index (κ1) is 20.0. The molecule has 0 aliphatic heterocycles. The van der Waals surface area contributed by atoms with E-state index in [1.54, 1.807) is 23.5 Å². The number of rotatable bonds is 4. The van der Waals surface area contributed by atoms with Crippen LogP contribution in [0.1, 0.15) is 52.9 Å². The summed E-state index contributed by atoms with van der Waals surface area (Å²) in [5.41, 5.74) is 2.42. The fourth-order valence-electron chi connectivity index (χ4n) is 3.44. The Kier molecular flexibility index (Phi) is 5.47. The lowest BCUT2D eigenvalue weighted by molar-refractivity contribution is 0.0955. The summed E-state index contributed by atoms with van der Waals surface area (Å²) in [4.78, 5) is 14.7. The number of carbonyl (C=O) groups excluding carboxylic acids is 1. The SMILES string of the molecule is CC(C)(C)[C@@H]1CCc2sc(C(=O)NCc3ccc(S(N)(=O)=O)cc3)cc2C1. The van der Waals surface area contributed by atoms with Gasteiger partial charge in [0.15, 0.2) is 0 Å². The number of hydrogen-bond acceptors (Lipinski definition) is 4. The van der Waals surface area contributed by atoms with E-state index in [-0.39, 0.29) is 16.2 Å². The number of amides is 1. The van der Waals surface area contributed by atoms with Crippen molar-refractivity contribution < 1.29 is 13.2 Å². The zero-order valence-corrected chi connectivity index (χ0v) is 17.5. The molecule has 1 aliphatic rings. The Morgan fingerprint density at radius 3 is 2.52 bits per heavy atom. The highest BCUT2D eigenvalue weighted by Gasteiger charge is 2.30. The van der Waals surface area contributed by atoms with E-state index in [9.17, 15) is 13.2 Å². The topological polar surface area (TPSA) is 89.3 Å². The van der Waals surface area contributed by atoms with Gasteiger partial charge in [-0.25, -0.2) is 13.6 Å². The molecule has 27 heavy (non-hydrogen) atoms. The van der Waals surface area contributed by atoms with Gasteiger partial charge in [0.05, 0.1) is 9.77 Å². The molecular formula is C20H26N2O3S2. The van der Waals surface area contributed by atoms with E-state index < -0.39 is 10.0 Å². The number of thiophene rings is 1. The van der Waals surface area contributed by atoms with Gasteiger partial charge in [0.25, 0.3) is 5.91 Å². The second-order valence-electron chi connectivity index (χ2n) is 8.24. The molecule has 1 amide bonds. The van der Waals surface area contributed by atoms with Gasteiger partial charge in [-0.15, -0.1) is 11.3 Å². The van der Waals surface area contributed by atoms with Crippen LogP contribution in [0, 0.1) is 11.3 Å². The second kappa shape index (κ2) is 7.37. The Hall–Kier alpha value is -1.70. The van der Waals surface area contributed by atoms with Gasteiger partial charge in [0, 0.05) is 11.4 Å². The largest absolute Gasteiger partial charge is 0.347 e. The standard InChI is InChI=1S/C20H26N2O3S2/c1-20(2,3)15-6-9-17-14(10-15)11-18(26-17)19(23)22-12-13-4-7-16(8-5-13)27(21,24)25/h4-5,7-8,11,15H,6,9-10,12H2,1-3H3,(H,22,23)(H2,21,24,25)/t15-/m1/s1. The number of primary sulfonamides is 1. The minimum Gasteiger partial charge on any atom is -0.347 e. The minimum absolute atomic E-state index is 0.0666. The summed E-state index contributed by atoms with van der Waals surface area (Å²) < 4.78 is 22.6. The summed E-state index contributed by atoms with van der Waals surface area (Å²) in [5, 5.41) is 8.01. The molecule has 0 saturated carbocycles. The molecule has 0 saturated heterocycles. The van der Waals surface area contributed by atoms with Crippen LogP contribution in [-0.4, -0.2) is 14.3 Å². The first-order valence-corrected chi connectivity index (χ1v) is 11.4. The zero-order valence-electron chi connectivity index (χ0n) is 15.9. The van der Waals surface area contributed by atoms with E-state index in [2.05, 4.69) is 26.1 Å². The maximum Gasteiger partial charge on any atom is 0.261 e. The third kappa shape index (κ3) is 4.78. The van der Waals surface area contributed by atoms with Gasteiger partial charge in [0.1, 0.15) is 0 Å². The highest BCUT2D eigenvalue weighted by Crippen LogP contribution is 2.40. The number of nitrogens with two attached hydrogens (primary N) is 1. The summed E-state index contributed by atoms with van der Waals surface area (Å²) in [5.74, 6) is 0.560. The number of sulfonamides is 1. The molecule has 0 fully saturated rings. The van der Waals surface area contributed by atoms with E-state index >= 15 is 0 Å². The monoisotopic (exact) mass is 406 g/mol. The van der Waals surface area contributed by atoms with Crippen molar-refractivity contribution in [1.82, 2.24) is 5.32 Å². The van der Waals surface area contributed by atoms with Crippen molar-refractivity contribution in [2.75, 3.05) is 0 Å². The van der Waals surface area contributed by atoms with E-state index in [1.807, 2.05) is 6.07 Å². The zero-order chi connectivity index (χ0) is 19.8. The summed E-state index contributed by atoms with van der Waals surface area (Å²) in [6.45, 7) is 7.19. The minimum atomic E-state index is -3.70. The Bertz CT molecular complexity index is 939. The second-order valence-corrected chi connectivity index (χ2v) is 10.9. The predicted octanol–water partition coefficient (Wildman–Crippen LogP) is 3.48. The molecule has 0 spiro atoms. The Labute approximate surface area is 165 Å². The first-order valence-electron chi connectivity index (χ1n) is 9.05. The number of benzene rings is 1. The van der Waals surface area contributed by atoms with Gasteiger partial charge >= 0.3 is 0 Å². The van der Waals surface area contributed by atoms with Crippen LogP contribution in [0.3, 0.4) is 0 Å². The summed E-state index contributed by atoms with van der Waals surface area (Å²) in [6, 6.07) is 8.26. The van der Waals surface area contributed by atoms with E-state index in [0.717, 1.165) is 23.3 Å². The predicted molar refractivity (Wildman–Crippen MR) is 108 cm³/mol. The van der Waals surface area contributed by atoms with Crippen LogP contribution in [0.25, 0.3) is 0 Å². The van der Waals surface area contributed by atoms with Crippen LogP contribution in [-0.2, 0) is 29.4 Å². The summed E-state index contributed by atoms with van der Waals surface area (Å²) >= 11 is 1.59. The lowest BCUT2D eigenvalue weighted by Gasteiger charge is -2.33. The molecule has 0 bridgehead atoms.